The number of nitriles is 1. The number of hydrogen-bond acceptors (Lipinski definition) is 6. The summed E-state index contributed by atoms with van der Waals surface area (Å²) in [5.41, 5.74) is 1.36. The molecule has 0 fully saturated rings. The molecule has 0 radical (unpaired) electrons. The molecule has 0 aliphatic carbocycles. The number of rotatable bonds is 8. The molecular formula is C31H42Br2IN3O6. The van der Waals surface area contributed by atoms with Crippen molar-refractivity contribution in [2.75, 3.05) is 14.2 Å². The van der Waals surface area contributed by atoms with Gasteiger partial charge in [0.2, 0.25) is 0 Å². The molecule has 2 aromatic carbocycles. The van der Waals surface area contributed by atoms with E-state index in [0.29, 0.717) is 28.6 Å². The van der Waals surface area contributed by atoms with Crippen molar-refractivity contribution in [2.24, 2.45) is 0 Å². The number of methoxy groups -OCH3 is 2. The predicted octanol–water partition coefficient (Wildman–Crippen LogP) is 8.56. The molecule has 9 nitrogen and oxygen atoms in total. The number of benzene rings is 2. The van der Waals surface area contributed by atoms with E-state index in [2.05, 4.69) is 71.9 Å². The molecule has 0 aliphatic heterocycles. The van der Waals surface area contributed by atoms with E-state index < -0.39 is 23.3 Å². The minimum Gasteiger partial charge on any atom is -0.496 e. The number of nitrogens with one attached hydrogen (secondary N) is 1. The molecule has 0 spiro atoms. The summed E-state index contributed by atoms with van der Waals surface area (Å²) >= 11 is 9.07. The molecule has 2 unspecified atom stereocenters. The second-order valence-corrected chi connectivity index (χ2v) is 14.8. The van der Waals surface area contributed by atoms with Gasteiger partial charge in [-0.15, -0.1) is 0 Å². The van der Waals surface area contributed by atoms with Crippen molar-refractivity contribution in [1.82, 2.24) is 10.2 Å². The molecule has 0 heterocycles. The summed E-state index contributed by atoms with van der Waals surface area (Å²) in [6, 6.07) is 9.28. The maximum Gasteiger partial charge on any atom is 0.407 e. The Morgan fingerprint density at radius 1 is 0.977 bits per heavy atom. The van der Waals surface area contributed by atoms with Gasteiger partial charge in [0.05, 0.1) is 19.8 Å². The van der Waals surface area contributed by atoms with Crippen LogP contribution in [0.3, 0.4) is 0 Å². The summed E-state index contributed by atoms with van der Waals surface area (Å²) in [7, 11) is 3.20. The predicted molar refractivity (Wildman–Crippen MR) is 184 cm³/mol. The highest BCUT2D eigenvalue weighted by atomic mass is 127. The summed E-state index contributed by atoms with van der Waals surface area (Å²) in [6.07, 6.45) is -0.224. The van der Waals surface area contributed by atoms with Gasteiger partial charge in [-0.3, -0.25) is 0 Å². The fourth-order valence-electron chi connectivity index (χ4n) is 4.39. The molecule has 2 amide bonds. The van der Waals surface area contributed by atoms with Crippen molar-refractivity contribution in [3.05, 3.63) is 53.5 Å². The summed E-state index contributed by atoms with van der Waals surface area (Å²) in [5.74, 6) is 1.44. The van der Waals surface area contributed by atoms with Gasteiger partial charge in [-0.1, -0.05) is 0 Å². The Morgan fingerprint density at radius 3 is 1.93 bits per heavy atom. The molecule has 0 aliphatic rings. The lowest BCUT2D eigenvalue weighted by molar-refractivity contribution is 0.0507. The van der Waals surface area contributed by atoms with Gasteiger partial charge >= 0.3 is 12.2 Å². The van der Waals surface area contributed by atoms with Crippen molar-refractivity contribution in [2.45, 2.75) is 91.5 Å². The van der Waals surface area contributed by atoms with Crippen LogP contribution in [0.5, 0.6) is 11.5 Å². The standard InChI is InChI=1S/C16H21BrN2O3.C15H21BrINO3/c1-10(19(15(20)21)16(2,3)4)6-11-7-12(9-18)13(17)8-14(11)22-5;1-9(18-14(19)21-15(2,3)4)6-10-7-12(17)11(16)8-13(10)20-5/h7-8,10H,6H2,1-5H3,(H,20,21);7-9H,6H2,1-5H3,(H,18,19). The van der Waals surface area contributed by atoms with E-state index in [-0.39, 0.29) is 12.1 Å². The second-order valence-electron chi connectivity index (χ2n) is 12.0. The molecule has 2 rings (SSSR count). The van der Waals surface area contributed by atoms with Crippen LogP contribution in [0.25, 0.3) is 0 Å². The number of amides is 2. The third-order valence-corrected chi connectivity index (χ3v) is 8.93. The van der Waals surface area contributed by atoms with Gasteiger partial charge in [0.1, 0.15) is 23.2 Å². The highest BCUT2D eigenvalue weighted by molar-refractivity contribution is 14.1. The Kier molecular flexibility index (Phi) is 15.1. The molecule has 2 atom stereocenters. The van der Waals surface area contributed by atoms with E-state index in [9.17, 15) is 14.7 Å². The first-order valence-corrected chi connectivity index (χ1v) is 16.2. The highest BCUT2D eigenvalue weighted by Gasteiger charge is 2.31. The van der Waals surface area contributed by atoms with E-state index in [1.54, 1.807) is 26.4 Å². The minimum atomic E-state index is -0.961. The van der Waals surface area contributed by atoms with Crippen LogP contribution in [-0.2, 0) is 17.6 Å². The fraction of sp³-hybridized carbons (Fsp3) is 0.516. The summed E-state index contributed by atoms with van der Waals surface area (Å²) < 4.78 is 18.8. The fourth-order valence-corrected chi connectivity index (χ4v) is 5.66. The van der Waals surface area contributed by atoms with Gasteiger partial charge < -0.3 is 29.5 Å². The van der Waals surface area contributed by atoms with E-state index in [1.165, 1.54) is 4.90 Å². The number of carbonyl (C=O) groups excluding carboxylic acids is 1. The Bertz CT molecular complexity index is 1320. The van der Waals surface area contributed by atoms with Crippen LogP contribution in [-0.4, -0.2) is 59.6 Å². The molecular weight excluding hydrogens is 797 g/mol. The van der Waals surface area contributed by atoms with Gasteiger partial charge in [0.15, 0.2) is 0 Å². The topological polar surface area (TPSA) is 121 Å². The third kappa shape index (κ3) is 12.7. The lowest BCUT2D eigenvalue weighted by Crippen LogP contribution is -2.50. The summed E-state index contributed by atoms with van der Waals surface area (Å²) in [6.45, 7) is 14.9. The number of ether oxygens (including phenoxy) is 3. The van der Waals surface area contributed by atoms with Crippen LogP contribution >= 0.6 is 54.5 Å². The highest BCUT2D eigenvalue weighted by Crippen LogP contribution is 2.31. The Morgan fingerprint density at radius 2 is 1.49 bits per heavy atom. The quantitative estimate of drug-likeness (QED) is 0.256. The van der Waals surface area contributed by atoms with Crippen molar-refractivity contribution < 1.29 is 28.9 Å². The van der Waals surface area contributed by atoms with E-state index in [0.717, 1.165) is 24.9 Å². The van der Waals surface area contributed by atoms with Crippen LogP contribution in [0.15, 0.2) is 33.2 Å². The molecule has 238 valence electrons. The van der Waals surface area contributed by atoms with Crippen LogP contribution < -0.4 is 14.8 Å². The normalized spacial score (nSPS) is 12.6. The van der Waals surface area contributed by atoms with Gasteiger partial charge in [0.25, 0.3) is 0 Å². The molecule has 12 heteroatoms. The Hall–Kier alpha value is -2.24. The van der Waals surface area contributed by atoms with Crippen LogP contribution in [0.1, 0.15) is 72.1 Å². The number of alkyl carbamates (subject to hydrolysis) is 1. The van der Waals surface area contributed by atoms with Crippen molar-refractivity contribution in [1.29, 1.82) is 5.26 Å². The Balaban J connectivity index is 0.000000430. The zero-order valence-electron chi connectivity index (χ0n) is 26.4. The molecule has 0 saturated carbocycles. The summed E-state index contributed by atoms with van der Waals surface area (Å²) in [5, 5.41) is 21.4. The van der Waals surface area contributed by atoms with Crippen molar-refractivity contribution >= 4 is 66.6 Å². The molecule has 2 aromatic rings. The molecule has 43 heavy (non-hydrogen) atoms. The lowest BCUT2D eigenvalue weighted by Gasteiger charge is -2.38. The van der Waals surface area contributed by atoms with E-state index >= 15 is 0 Å². The number of nitrogens with zero attached hydrogens (tertiary/aromatic N) is 2. The lowest BCUT2D eigenvalue weighted by atomic mass is 9.98. The average Bonchev–Trinajstić information content (AvgIpc) is 2.84. The molecule has 0 aromatic heterocycles. The maximum atomic E-state index is 11.8. The molecule has 2 N–H and O–H groups in total. The van der Waals surface area contributed by atoms with Crippen LogP contribution in [0.2, 0.25) is 0 Å². The monoisotopic (exact) mass is 837 g/mol. The first-order chi connectivity index (χ1) is 19.7. The van der Waals surface area contributed by atoms with Crippen molar-refractivity contribution in [3.63, 3.8) is 0 Å². The van der Waals surface area contributed by atoms with Crippen LogP contribution in [0.4, 0.5) is 9.59 Å². The number of halogens is 3. The van der Waals surface area contributed by atoms with Crippen molar-refractivity contribution in [3.8, 4) is 17.6 Å². The third-order valence-electron chi connectivity index (χ3n) is 5.99. The summed E-state index contributed by atoms with van der Waals surface area (Å²) in [4.78, 5) is 24.7. The molecule has 0 saturated heterocycles. The first kappa shape index (κ1) is 38.8. The Labute approximate surface area is 286 Å². The second kappa shape index (κ2) is 16.7. The smallest absolute Gasteiger partial charge is 0.407 e. The van der Waals surface area contributed by atoms with Gasteiger partial charge in [-0.2, -0.15) is 5.26 Å². The first-order valence-electron chi connectivity index (χ1n) is 13.5. The minimum absolute atomic E-state index is 0.0503. The number of carbonyl (C=O) groups is 2. The maximum absolute atomic E-state index is 11.8. The number of carboxylic acid groups (broad SMARTS) is 1. The van der Waals surface area contributed by atoms with Gasteiger partial charge in [0, 0.05) is 30.1 Å². The number of hydrogen-bond donors (Lipinski definition) is 2. The molecule has 0 bridgehead atoms. The zero-order valence-corrected chi connectivity index (χ0v) is 31.7. The van der Waals surface area contributed by atoms with Crippen LogP contribution in [0, 0.1) is 14.9 Å². The van der Waals surface area contributed by atoms with Gasteiger partial charge in [-0.25, -0.2) is 9.59 Å². The van der Waals surface area contributed by atoms with E-state index in [1.807, 2.05) is 61.5 Å². The van der Waals surface area contributed by atoms with E-state index in [4.69, 9.17) is 19.5 Å². The SMILES string of the molecule is COc1cc(Br)c(C#N)cc1CC(C)N(C(=O)O)C(C)(C)C.COc1cc(Br)c(I)cc1CC(C)NC(=O)OC(C)(C)C. The van der Waals surface area contributed by atoms with Gasteiger partial charge in [-0.05, 0) is 158 Å². The zero-order chi connectivity index (χ0) is 33.3. The largest absolute Gasteiger partial charge is 0.496 e. The average molecular weight is 839 g/mol.